The lowest BCUT2D eigenvalue weighted by Crippen LogP contribution is -2.48. The largest absolute Gasteiger partial charge is 0.478 e. The number of fused-ring (bicyclic) bond motifs is 2. The first-order valence-corrected chi connectivity index (χ1v) is 16.8. The molecule has 5 heterocycles. The average Bonchev–Trinajstić information content (AvgIpc) is 3.54. The number of carboxylic acid groups (broad SMARTS) is 1. The van der Waals surface area contributed by atoms with Crippen molar-refractivity contribution in [3.05, 3.63) is 79.9 Å². The van der Waals surface area contributed by atoms with E-state index in [4.69, 9.17) is 16.7 Å². The number of piperidine rings is 1. The van der Waals surface area contributed by atoms with Gasteiger partial charge >= 0.3 is 5.97 Å². The number of carboxylic acids is 1. The molecule has 0 bridgehead atoms. The topological polar surface area (TPSA) is 148 Å². The highest BCUT2D eigenvalue weighted by atomic mass is 35.5. The van der Waals surface area contributed by atoms with Crippen LogP contribution >= 0.6 is 22.9 Å². The first-order chi connectivity index (χ1) is 23.9. The molecule has 0 aliphatic carbocycles. The van der Waals surface area contributed by atoms with Crippen molar-refractivity contribution in [1.82, 2.24) is 24.4 Å². The summed E-state index contributed by atoms with van der Waals surface area (Å²) in [4.78, 5) is 42.4. The molecule has 6 rings (SSSR count). The van der Waals surface area contributed by atoms with Gasteiger partial charge in [-0.05, 0) is 44.0 Å². The van der Waals surface area contributed by atoms with Crippen LogP contribution in [0.3, 0.4) is 0 Å². The van der Waals surface area contributed by atoms with Crippen LogP contribution in [0.4, 0.5) is 14.6 Å². The third kappa shape index (κ3) is 6.75. The van der Waals surface area contributed by atoms with Gasteiger partial charge in [0.05, 0.1) is 46.0 Å². The zero-order valence-corrected chi connectivity index (χ0v) is 28.5. The molecule has 50 heavy (non-hydrogen) atoms. The Labute approximate surface area is 294 Å². The number of aliphatic hydroxyl groups is 1. The Kier molecular flexibility index (Phi) is 9.82. The molecule has 2 N–H and O–H groups in total. The molecule has 1 fully saturated rings. The maximum Gasteiger partial charge on any atom is 0.338 e. The number of anilines is 1. The van der Waals surface area contributed by atoms with Gasteiger partial charge in [0.2, 0.25) is 0 Å². The number of halogens is 3. The van der Waals surface area contributed by atoms with Gasteiger partial charge in [0.1, 0.15) is 29.9 Å². The lowest BCUT2D eigenvalue weighted by molar-refractivity contribution is -0.0757. The van der Waals surface area contributed by atoms with E-state index in [1.807, 2.05) is 4.90 Å². The number of pyridine rings is 2. The molecule has 1 aliphatic rings. The van der Waals surface area contributed by atoms with Crippen LogP contribution in [-0.4, -0.2) is 85.9 Å². The number of nitrogens with zero attached hydrogens (tertiary/aromatic N) is 7. The molecule has 0 spiro atoms. The molecule has 0 unspecified atom stereocenters. The number of likely N-dealkylation sites (tertiary alicyclic amines) is 1. The minimum absolute atomic E-state index is 0.0428. The van der Waals surface area contributed by atoms with Gasteiger partial charge in [0, 0.05) is 59.5 Å². The monoisotopic (exact) mass is 717 g/mol. The molecular formula is C35H30ClF2N7O4S. The number of aromatic carboxylic acids is 1. The van der Waals surface area contributed by atoms with Gasteiger partial charge in [-0.2, -0.15) is 5.26 Å². The highest BCUT2D eigenvalue weighted by Gasteiger charge is 2.34. The molecule has 0 atom stereocenters. The van der Waals surface area contributed by atoms with Crippen molar-refractivity contribution in [2.75, 3.05) is 38.2 Å². The molecule has 0 saturated carbocycles. The van der Waals surface area contributed by atoms with Crippen LogP contribution in [-0.2, 0) is 6.54 Å². The summed E-state index contributed by atoms with van der Waals surface area (Å²) in [7, 11) is 1.77. The second-order valence-electron chi connectivity index (χ2n) is 12.0. The van der Waals surface area contributed by atoms with Gasteiger partial charge in [0.25, 0.3) is 11.5 Å². The van der Waals surface area contributed by atoms with Crippen LogP contribution in [0.25, 0.3) is 32.2 Å². The lowest BCUT2D eigenvalue weighted by atomic mass is 10.00. The van der Waals surface area contributed by atoms with Crippen molar-refractivity contribution in [2.24, 2.45) is 0 Å². The van der Waals surface area contributed by atoms with E-state index in [1.165, 1.54) is 28.3 Å². The molecular weight excluding hydrogens is 688 g/mol. The molecule has 0 amide bonds. The number of hydrogen-bond acceptors (Lipinski definition) is 10. The fraction of sp³-hybridized carbons (Fsp3) is 0.314. The van der Waals surface area contributed by atoms with Crippen LogP contribution in [0, 0.1) is 30.1 Å². The van der Waals surface area contributed by atoms with E-state index in [2.05, 4.69) is 32.9 Å². The minimum Gasteiger partial charge on any atom is -0.478 e. The molecule has 5 aromatic rings. The molecule has 1 aromatic carbocycles. The highest BCUT2D eigenvalue weighted by Crippen LogP contribution is 2.36. The standard InChI is InChI=1S/C35H30ClF2N7O4S/c1-20-42-28-16-41-32(43(2)23-8-12-44(13-9-23)18-35(37,38)19-46)26(15-39)29(28)33(47)45(20)11-3-4-21-5-6-22(36)14-25(21)24-7-10-40-30-27(34(48)49)17-50-31(24)30/h5-7,10,14,16-17,23,46H,8-9,11-13,18-19H2,1-2H3,(H,48,49). The first-order valence-electron chi connectivity index (χ1n) is 15.5. The highest BCUT2D eigenvalue weighted by molar-refractivity contribution is 7.18. The Morgan fingerprint density at radius 1 is 1.22 bits per heavy atom. The van der Waals surface area contributed by atoms with E-state index in [0.717, 1.165) is 5.56 Å². The number of nitriles is 1. The van der Waals surface area contributed by atoms with Crippen molar-refractivity contribution in [3.8, 4) is 29.0 Å². The first kappa shape index (κ1) is 34.9. The van der Waals surface area contributed by atoms with Gasteiger partial charge in [0.15, 0.2) is 0 Å². The predicted octanol–water partition coefficient (Wildman–Crippen LogP) is 5.18. The number of carbonyl (C=O) groups is 1. The molecule has 256 valence electrons. The normalized spacial score (nSPS) is 14.0. The maximum atomic E-state index is 14.0. The SMILES string of the molecule is Cc1nc2cnc(N(C)C3CCN(CC(F)(F)CO)CC3)c(C#N)c2c(=O)n1CC#Cc1ccc(Cl)cc1-c1ccnc2c(C(=O)O)csc12. The Morgan fingerprint density at radius 2 is 1.98 bits per heavy atom. The Bertz CT molecular complexity index is 2300. The number of benzene rings is 1. The molecule has 1 aliphatic heterocycles. The van der Waals surface area contributed by atoms with Crippen molar-refractivity contribution in [3.63, 3.8) is 0 Å². The summed E-state index contributed by atoms with van der Waals surface area (Å²) in [5.74, 6) is 2.61. The number of aliphatic hydroxyl groups excluding tert-OH is 1. The van der Waals surface area contributed by atoms with E-state index < -0.39 is 30.6 Å². The number of hydrogen-bond donors (Lipinski definition) is 2. The van der Waals surface area contributed by atoms with E-state index in [0.29, 0.717) is 63.9 Å². The van der Waals surface area contributed by atoms with Crippen LogP contribution in [0.1, 0.15) is 40.2 Å². The van der Waals surface area contributed by atoms with E-state index in [-0.39, 0.29) is 34.6 Å². The summed E-state index contributed by atoms with van der Waals surface area (Å²) in [6.07, 6.45) is 4.05. The minimum atomic E-state index is -3.18. The lowest BCUT2D eigenvalue weighted by Gasteiger charge is -2.38. The van der Waals surface area contributed by atoms with Gasteiger partial charge in [-0.25, -0.2) is 23.5 Å². The summed E-state index contributed by atoms with van der Waals surface area (Å²) < 4.78 is 29.5. The Balaban J connectivity index is 1.31. The number of thiophene rings is 1. The zero-order chi connectivity index (χ0) is 35.7. The Morgan fingerprint density at radius 3 is 2.68 bits per heavy atom. The quantitative estimate of drug-likeness (QED) is 0.206. The molecule has 15 heteroatoms. The predicted molar refractivity (Wildman–Crippen MR) is 187 cm³/mol. The van der Waals surface area contributed by atoms with Gasteiger partial charge in [-0.1, -0.05) is 23.4 Å². The average molecular weight is 718 g/mol. The van der Waals surface area contributed by atoms with Crippen LogP contribution < -0.4 is 10.5 Å². The number of aromatic nitrogens is 4. The van der Waals surface area contributed by atoms with E-state index in [1.54, 1.807) is 48.5 Å². The van der Waals surface area contributed by atoms with E-state index in [9.17, 15) is 28.7 Å². The third-order valence-electron chi connectivity index (χ3n) is 8.82. The van der Waals surface area contributed by atoms with Crippen molar-refractivity contribution in [1.29, 1.82) is 5.26 Å². The summed E-state index contributed by atoms with van der Waals surface area (Å²) in [6.45, 7) is 0.647. The number of alkyl halides is 2. The Hall–Kier alpha value is -4.99. The fourth-order valence-electron chi connectivity index (χ4n) is 6.24. The number of aryl methyl sites for hydroxylation is 1. The van der Waals surface area contributed by atoms with Crippen LogP contribution in [0.5, 0.6) is 0 Å². The summed E-state index contributed by atoms with van der Waals surface area (Å²) in [6, 6.07) is 8.99. The molecule has 4 aromatic heterocycles. The summed E-state index contributed by atoms with van der Waals surface area (Å²) in [5.41, 5.74) is 2.35. The molecule has 11 nitrogen and oxygen atoms in total. The van der Waals surface area contributed by atoms with Gasteiger partial charge in [-0.3, -0.25) is 19.2 Å². The van der Waals surface area contributed by atoms with Crippen LogP contribution in [0.15, 0.2) is 46.8 Å². The third-order valence-corrected chi connectivity index (χ3v) is 10.1. The maximum absolute atomic E-state index is 14.0. The number of rotatable bonds is 8. The second-order valence-corrected chi connectivity index (χ2v) is 13.3. The fourth-order valence-corrected chi connectivity index (χ4v) is 7.44. The van der Waals surface area contributed by atoms with Crippen molar-refractivity contribution in [2.45, 2.75) is 38.3 Å². The van der Waals surface area contributed by atoms with Crippen molar-refractivity contribution >= 4 is 55.8 Å². The van der Waals surface area contributed by atoms with Gasteiger partial charge < -0.3 is 15.1 Å². The zero-order valence-electron chi connectivity index (χ0n) is 27.0. The van der Waals surface area contributed by atoms with Gasteiger partial charge in [-0.15, -0.1) is 11.3 Å². The van der Waals surface area contributed by atoms with Crippen molar-refractivity contribution < 1.29 is 23.8 Å². The van der Waals surface area contributed by atoms with Crippen LogP contribution in [0.2, 0.25) is 5.02 Å². The summed E-state index contributed by atoms with van der Waals surface area (Å²) >= 11 is 7.63. The summed E-state index contributed by atoms with van der Waals surface area (Å²) in [5, 5.41) is 30.9. The van der Waals surface area contributed by atoms with E-state index >= 15 is 0 Å². The molecule has 0 radical (unpaired) electrons. The second kappa shape index (κ2) is 14.1. The molecule has 1 saturated heterocycles. The smallest absolute Gasteiger partial charge is 0.338 e.